The Hall–Kier alpha value is -0.770. The van der Waals surface area contributed by atoms with Gasteiger partial charge in [-0.1, -0.05) is 12.1 Å². The van der Waals surface area contributed by atoms with Gasteiger partial charge in [-0.05, 0) is 37.2 Å². The maximum Gasteiger partial charge on any atom is 0.118 e. The van der Waals surface area contributed by atoms with Crippen LogP contribution in [0.25, 0.3) is 0 Å². The lowest BCUT2D eigenvalue weighted by Crippen LogP contribution is -2.31. The Morgan fingerprint density at radius 2 is 1.74 bits per heavy atom. The molecule has 0 atom stereocenters. The van der Waals surface area contributed by atoms with E-state index in [0.29, 0.717) is 0 Å². The molecule has 2 rings (SSSR count). The number of hydrogen-bond donors (Lipinski definition) is 0. The first-order valence-corrected chi connectivity index (χ1v) is 7.49. The standard InChI is InChI=1S/C15H23ClN2O/c1-19-15-5-3-14(4-6-15)13-18-9-2-8-17(10-7-16)11-12-18/h3-6H,2,7-13H2,1H3. The van der Waals surface area contributed by atoms with Crippen LogP contribution in [0.2, 0.25) is 0 Å². The molecule has 1 aromatic rings. The Kier molecular flexibility index (Phi) is 5.95. The van der Waals surface area contributed by atoms with Crippen LogP contribution in [0.3, 0.4) is 0 Å². The fourth-order valence-electron chi connectivity index (χ4n) is 2.51. The van der Waals surface area contributed by atoms with E-state index in [2.05, 4.69) is 21.9 Å². The predicted octanol–water partition coefficient (Wildman–Crippen LogP) is 2.44. The molecule has 0 N–H and O–H groups in total. The topological polar surface area (TPSA) is 15.7 Å². The third kappa shape index (κ3) is 4.68. The number of benzene rings is 1. The fourth-order valence-corrected chi connectivity index (χ4v) is 2.75. The van der Waals surface area contributed by atoms with E-state index in [-0.39, 0.29) is 0 Å². The molecule has 1 aliphatic heterocycles. The van der Waals surface area contributed by atoms with Crippen molar-refractivity contribution < 1.29 is 4.74 Å². The van der Waals surface area contributed by atoms with Crippen LogP contribution in [-0.4, -0.2) is 55.5 Å². The molecule has 0 bridgehead atoms. The Morgan fingerprint density at radius 1 is 1.05 bits per heavy atom. The molecule has 19 heavy (non-hydrogen) atoms. The van der Waals surface area contributed by atoms with E-state index in [1.807, 2.05) is 12.1 Å². The van der Waals surface area contributed by atoms with Gasteiger partial charge in [-0.15, -0.1) is 11.6 Å². The van der Waals surface area contributed by atoms with E-state index in [9.17, 15) is 0 Å². The van der Waals surface area contributed by atoms with Crippen molar-refractivity contribution in [3.8, 4) is 5.75 Å². The molecule has 0 unspecified atom stereocenters. The van der Waals surface area contributed by atoms with Gasteiger partial charge in [-0.3, -0.25) is 4.90 Å². The number of hydrogen-bond acceptors (Lipinski definition) is 3. The van der Waals surface area contributed by atoms with Crippen LogP contribution in [0.4, 0.5) is 0 Å². The summed E-state index contributed by atoms with van der Waals surface area (Å²) in [5.74, 6) is 1.66. The van der Waals surface area contributed by atoms with E-state index >= 15 is 0 Å². The van der Waals surface area contributed by atoms with Crippen LogP contribution in [-0.2, 0) is 6.54 Å². The molecule has 0 saturated carbocycles. The number of rotatable bonds is 5. The summed E-state index contributed by atoms with van der Waals surface area (Å²) in [6, 6.07) is 8.38. The van der Waals surface area contributed by atoms with Gasteiger partial charge in [0.25, 0.3) is 0 Å². The van der Waals surface area contributed by atoms with Crippen LogP contribution in [0.1, 0.15) is 12.0 Å². The molecule has 0 radical (unpaired) electrons. The Balaban J connectivity index is 1.84. The molecule has 3 nitrogen and oxygen atoms in total. The second-order valence-electron chi connectivity index (χ2n) is 5.01. The molecule has 4 heteroatoms. The molecular weight excluding hydrogens is 260 g/mol. The summed E-state index contributed by atoms with van der Waals surface area (Å²) in [5, 5.41) is 0. The van der Waals surface area contributed by atoms with Crippen molar-refractivity contribution in [1.82, 2.24) is 9.80 Å². The zero-order valence-corrected chi connectivity index (χ0v) is 12.4. The van der Waals surface area contributed by atoms with Crippen LogP contribution in [0.5, 0.6) is 5.75 Å². The molecule has 1 fully saturated rings. The average molecular weight is 283 g/mol. The summed E-state index contributed by atoms with van der Waals surface area (Å²) >= 11 is 5.82. The van der Waals surface area contributed by atoms with Crippen LogP contribution < -0.4 is 4.74 Å². The lowest BCUT2D eigenvalue weighted by Gasteiger charge is -2.21. The quantitative estimate of drug-likeness (QED) is 0.772. The molecule has 1 saturated heterocycles. The molecule has 0 aliphatic carbocycles. The van der Waals surface area contributed by atoms with Crippen molar-refractivity contribution >= 4 is 11.6 Å². The van der Waals surface area contributed by atoms with Gasteiger partial charge in [0.1, 0.15) is 5.75 Å². The van der Waals surface area contributed by atoms with Crippen molar-refractivity contribution in [2.75, 3.05) is 45.7 Å². The summed E-state index contributed by atoms with van der Waals surface area (Å²) in [6.07, 6.45) is 1.23. The highest BCUT2D eigenvalue weighted by Gasteiger charge is 2.14. The number of ether oxygens (including phenoxy) is 1. The summed E-state index contributed by atoms with van der Waals surface area (Å²) in [5.41, 5.74) is 1.35. The van der Waals surface area contributed by atoms with E-state index < -0.39 is 0 Å². The highest BCUT2D eigenvalue weighted by Crippen LogP contribution is 2.14. The number of methoxy groups -OCH3 is 1. The minimum atomic E-state index is 0.735. The Morgan fingerprint density at radius 3 is 2.42 bits per heavy atom. The maximum atomic E-state index is 5.82. The number of halogens is 1. The van der Waals surface area contributed by atoms with Gasteiger partial charge in [0.2, 0.25) is 0 Å². The van der Waals surface area contributed by atoms with Crippen molar-refractivity contribution in [3.05, 3.63) is 29.8 Å². The molecule has 1 aliphatic rings. The first kappa shape index (κ1) is 14.6. The monoisotopic (exact) mass is 282 g/mol. The number of nitrogens with zero attached hydrogens (tertiary/aromatic N) is 2. The first-order valence-electron chi connectivity index (χ1n) is 6.95. The molecule has 1 heterocycles. The van der Waals surface area contributed by atoms with Crippen LogP contribution in [0.15, 0.2) is 24.3 Å². The number of alkyl halides is 1. The lowest BCUT2D eigenvalue weighted by atomic mass is 10.2. The van der Waals surface area contributed by atoms with Gasteiger partial charge in [0.15, 0.2) is 0 Å². The van der Waals surface area contributed by atoms with E-state index in [1.165, 1.54) is 25.1 Å². The van der Waals surface area contributed by atoms with Gasteiger partial charge in [0, 0.05) is 32.1 Å². The second kappa shape index (κ2) is 7.73. The normalized spacial score (nSPS) is 18.2. The van der Waals surface area contributed by atoms with Gasteiger partial charge < -0.3 is 9.64 Å². The van der Waals surface area contributed by atoms with E-state index in [0.717, 1.165) is 37.8 Å². The van der Waals surface area contributed by atoms with E-state index in [1.54, 1.807) is 7.11 Å². The van der Waals surface area contributed by atoms with Crippen molar-refractivity contribution in [1.29, 1.82) is 0 Å². The Labute approximate surface area is 121 Å². The third-order valence-corrected chi connectivity index (χ3v) is 3.82. The molecule has 0 spiro atoms. The molecule has 0 amide bonds. The maximum absolute atomic E-state index is 5.82. The lowest BCUT2D eigenvalue weighted by molar-refractivity contribution is 0.258. The molecule has 0 aromatic heterocycles. The van der Waals surface area contributed by atoms with Gasteiger partial charge in [0.05, 0.1) is 7.11 Å². The largest absolute Gasteiger partial charge is 0.497 e. The SMILES string of the molecule is COc1ccc(CN2CCCN(CCCl)CC2)cc1. The Bertz CT molecular complexity index is 369. The minimum absolute atomic E-state index is 0.735. The summed E-state index contributed by atoms with van der Waals surface area (Å²) in [4.78, 5) is 4.98. The van der Waals surface area contributed by atoms with Gasteiger partial charge in [-0.2, -0.15) is 0 Å². The van der Waals surface area contributed by atoms with Crippen LogP contribution in [0, 0.1) is 0 Å². The predicted molar refractivity (Wildman–Crippen MR) is 80.0 cm³/mol. The minimum Gasteiger partial charge on any atom is -0.497 e. The summed E-state index contributed by atoms with van der Waals surface area (Å²) in [7, 11) is 1.70. The highest BCUT2D eigenvalue weighted by molar-refractivity contribution is 6.18. The smallest absolute Gasteiger partial charge is 0.118 e. The van der Waals surface area contributed by atoms with E-state index in [4.69, 9.17) is 16.3 Å². The zero-order valence-electron chi connectivity index (χ0n) is 11.6. The van der Waals surface area contributed by atoms with Gasteiger partial charge >= 0.3 is 0 Å². The molecule has 106 valence electrons. The third-order valence-electron chi connectivity index (χ3n) is 3.65. The summed E-state index contributed by atoms with van der Waals surface area (Å²) in [6.45, 7) is 6.64. The highest BCUT2D eigenvalue weighted by atomic mass is 35.5. The molecule has 1 aromatic carbocycles. The molecular formula is C15H23ClN2O. The van der Waals surface area contributed by atoms with Crippen molar-refractivity contribution in [2.45, 2.75) is 13.0 Å². The first-order chi connectivity index (χ1) is 9.31. The summed E-state index contributed by atoms with van der Waals surface area (Å²) < 4.78 is 5.19. The van der Waals surface area contributed by atoms with Crippen LogP contribution >= 0.6 is 11.6 Å². The second-order valence-corrected chi connectivity index (χ2v) is 5.39. The zero-order chi connectivity index (χ0) is 13.5. The van der Waals surface area contributed by atoms with Crippen molar-refractivity contribution in [2.24, 2.45) is 0 Å². The van der Waals surface area contributed by atoms with Crippen molar-refractivity contribution in [3.63, 3.8) is 0 Å². The fraction of sp³-hybridized carbons (Fsp3) is 0.600. The van der Waals surface area contributed by atoms with Gasteiger partial charge in [-0.25, -0.2) is 0 Å². The average Bonchev–Trinajstić information content (AvgIpc) is 2.66.